The van der Waals surface area contributed by atoms with Crippen molar-refractivity contribution in [1.29, 1.82) is 0 Å². The van der Waals surface area contributed by atoms with E-state index in [0.717, 1.165) is 18.9 Å². The lowest BCUT2D eigenvalue weighted by atomic mass is 10.2. The summed E-state index contributed by atoms with van der Waals surface area (Å²) in [5.41, 5.74) is 6.82. The molecule has 0 radical (unpaired) electrons. The summed E-state index contributed by atoms with van der Waals surface area (Å²) < 4.78 is 2.25. The second kappa shape index (κ2) is 4.60. The van der Waals surface area contributed by atoms with Gasteiger partial charge < -0.3 is 10.3 Å². The number of hydrogen-bond donors (Lipinski definition) is 1. The van der Waals surface area contributed by atoms with Gasteiger partial charge in [-0.15, -0.1) is 0 Å². The minimum Gasteiger partial charge on any atom is -0.335 e. The van der Waals surface area contributed by atoms with Crippen LogP contribution in [-0.2, 0) is 13.0 Å². The molecule has 1 aliphatic carbocycles. The molecule has 78 valence electrons. The van der Waals surface area contributed by atoms with Crippen molar-refractivity contribution in [2.24, 2.45) is 11.7 Å². The SMILES string of the molecule is NCCc1cncn1CCCC1CC1. The third kappa shape index (κ3) is 2.58. The second-order valence-corrected chi connectivity index (χ2v) is 4.20. The highest BCUT2D eigenvalue weighted by atomic mass is 15.0. The summed E-state index contributed by atoms with van der Waals surface area (Å²) in [6, 6.07) is 0. The normalized spacial score (nSPS) is 16.1. The van der Waals surface area contributed by atoms with E-state index in [1.807, 2.05) is 12.5 Å². The molecule has 0 unspecified atom stereocenters. The first kappa shape index (κ1) is 9.71. The van der Waals surface area contributed by atoms with E-state index in [4.69, 9.17) is 5.73 Å². The Balaban J connectivity index is 1.78. The predicted octanol–water partition coefficient (Wildman–Crippen LogP) is 1.57. The summed E-state index contributed by atoms with van der Waals surface area (Å²) >= 11 is 0. The number of hydrogen-bond acceptors (Lipinski definition) is 2. The molecule has 1 aliphatic rings. The van der Waals surface area contributed by atoms with Crippen LogP contribution < -0.4 is 5.73 Å². The van der Waals surface area contributed by atoms with E-state index >= 15 is 0 Å². The van der Waals surface area contributed by atoms with Crippen LogP contribution >= 0.6 is 0 Å². The van der Waals surface area contributed by atoms with Crippen LogP contribution in [0, 0.1) is 5.92 Å². The molecule has 0 spiro atoms. The second-order valence-electron chi connectivity index (χ2n) is 4.20. The maximum absolute atomic E-state index is 5.53. The van der Waals surface area contributed by atoms with E-state index < -0.39 is 0 Å². The van der Waals surface area contributed by atoms with Crippen molar-refractivity contribution in [3.8, 4) is 0 Å². The highest BCUT2D eigenvalue weighted by Crippen LogP contribution is 2.33. The van der Waals surface area contributed by atoms with Gasteiger partial charge in [0.2, 0.25) is 0 Å². The van der Waals surface area contributed by atoms with Gasteiger partial charge in [-0.25, -0.2) is 4.98 Å². The molecular formula is C11H19N3. The number of aromatic nitrogens is 2. The van der Waals surface area contributed by atoms with Gasteiger partial charge in [0.1, 0.15) is 0 Å². The minimum absolute atomic E-state index is 0.717. The van der Waals surface area contributed by atoms with E-state index in [9.17, 15) is 0 Å². The first-order valence-corrected chi connectivity index (χ1v) is 5.59. The monoisotopic (exact) mass is 193 g/mol. The van der Waals surface area contributed by atoms with Crippen molar-refractivity contribution in [3.63, 3.8) is 0 Å². The third-order valence-corrected chi connectivity index (χ3v) is 2.91. The third-order valence-electron chi connectivity index (χ3n) is 2.91. The number of imidazole rings is 1. The highest BCUT2D eigenvalue weighted by Gasteiger charge is 2.20. The molecular weight excluding hydrogens is 174 g/mol. The lowest BCUT2D eigenvalue weighted by Gasteiger charge is -2.06. The topological polar surface area (TPSA) is 43.8 Å². The van der Waals surface area contributed by atoms with Crippen LogP contribution in [0.15, 0.2) is 12.5 Å². The van der Waals surface area contributed by atoms with E-state index in [2.05, 4.69) is 9.55 Å². The maximum Gasteiger partial charge on any atom is 0.0948 e. The summed E-state index contributed by atoms with van der Waals surface area (Å²) in [5.74, 6) is 1.04. The Labute approximate surface area is 85.3 Å². The van der Waals surface area contributed by atoms with Gasteiger partial charge in [0.15, 0.2) is 0 Å². The summed E-state index contributed by atoms with van der Waals surface area (Å²) in [6.07, 6.45) is 10.4. The van der Waals surface area contributed by atoms with Crippen LogP contribution in [0.4, 0.5) is 0 Å². The molecule has 3 heteroatoms. The van der Waals surface area contributed by atoms with E-state index in [1.54, 1.807) is 0 Å². The van der Waals surface area contributed by atoms with Crippen LogP contribution in [0.5, 0.6) is 0 Å². The lowest BCUT2D eigenvalue weighted by Crippen LogP contribution is -2.08. The molecule has 0 amide bonds. The Kier molecular flexibility index (Phi) is 3.19. The minimum atomic E-state index is 0.717. The largest absolute Gasteiger partial charge is 0.335 e. The average molecular weight is 193 g/mol. The highest BCUT2D eigenvalue weighted by molar-refractivity contribution is 4.98. The molecule has 1 saturated carbocycles. The van der Waals surface area contributed by atoms with Gasteiger partial charge in [0, 0.05) is 24.9 Å². The lowest BCUT2D eigenvalue weighted by molar-refractivity contribution is 0.562. The fourth-order valence-corrected chi connectivity index (χ4v) is 1.86. The number of nitrogens with two attached hydrogens (primary N) is 1. The molecule has 0 bridgehead atoms. The molecule has 1 aromatic heterocycles. The standard InChI is InChI=1S/C11H19N3/c12-6-5-11-8-13-9-14(11)7-1-2-10-3-4-10/h8-10H,1-7,12H2. The fourth-order valence-electron chi connectivity index (χ4n) is 1.86. The summed E-state index contributed by atoms with van der Waals surface area (Å²) in [7, 11) is 0. The predicted molar refractivity (Wildman–Crippen MR) is 56.9 cm³/mol. The van der Waals surface area contributed by atoms with Crippen molar-refractivity contribution in [3.05, 3.63) is 18.2 Å². The summed E-state index contributed by atoms with van der Waals surface area (Å²) in [4.78, 5) is 4.16. The molecule has 0 atom stereocenters. The molecule has 2 rings (SSSR count). The average Bonchev–Trinajstić information content (AvgIpc) is 2.89. The van der Waals surface area contributed by atoms with Crippen LogP contribution in [0.3, 0.4) is 0 Å². The number of nitrogens with zero attached hydrogens (tertiary/aromatic N) is 2. The molecule has 0 saturated heterocycles. The Morgan fingerprint density at radius 2 is 2.36 bits per heavy atom. The van der Waals surface area contributed by atoms with Gasteiger partial charge in [-0.3, -0.25) is 0 Å². The van der Waals surface area contributed by atoms with Crippen LogP contribution in [0.25, 0.3) is 0 Å². The Bertz CT molecular complexity index is 276. The van der Waals surface area contributed by atoms with Crippen molar-refractivity contribution < 1.29 is 0 Å². The summed E-state index contributed by atoms with van der Waals surface area (Å²) in [6.45, 7) is 1.83. The van der Waals surface area contributed by atoms with E-state index in [0.29, 0.717) is 6.54 Å². The zero-order valence-electron chi connectivity index (χ0n) is 8.65. The van der Waals surface area contributed by atoms with Gasteiger partial charge >= 0.3 is 0 Å². The molecule has 1 heterocycles. The quantitative estimate of drug-likeness (QED) is 0.745. The maximum atomic E-state index is 5.53. The van der Waals surface area contributed by atoms with Crippen LogP contribution in [-0.4, -0.2) is 16.1 Å². The Hall–Kier alpha value is -0.830. The Morgan fingerprint density at radius 1 is 1.50 bits per heavy atom. The first-order valence-electron chi connectivity index (χ1n) is 5.59. The molecule has 0 aromatic carbocycles. The smallest absolute Gasteiger partial charge is 0.0948 e. The van der Waals surface area contributed by atoms with Gasteiger partial charge in [0.05, 0.1) is 6.33 Å². The molecule has 2 N–H and O–H groups in total. The summed E-state index contributed by atoms with van der Waals surface area (Å²) in [5, 5.41) is 0. The van der Waals surface area contributed by atoms with Crippen LogP contribution in [0.2, 0.25) is 0 Å². The van der Waals surface area contributed by atoms with Crippen molar-refractivity contribution in [2.45, 2.75) is 38.6 Å². The molecule has 1 aromatic rings. The number of rotatable bonds is 6. The Morgan fingerprint density at radius 3 is 3.07 bits per heavy atom. The van der Waals surface area contributed by atoms with Crippen molar-refractivity contribution >= 4 is 0 Å². The molecule has 3 nitrogen and oxygen atoms in total. The van der Waals surface area contributed by atoms with Crippen molar-refractivity contribution in [1.82, 2.24) is 9.55 Å². The van der Waals surface area contributed by atoms with E-state index in [1.165, 1.54) is 31.4 Å². The molecule has 0 aliphatic heterocycles. The first-order chi connectivity index (χ1) is 6.90. The van der Waals surface area contributed by atoms with Gasteiger partial charge in [-0.2, -0.15) is 0 Å². The molecule has 14 heavy (non-hydrogen) atoms. The zero-order chi connectivity index (χ0) is 9.80. The zero-order valence-corrected chi connectivity index (χ0v) is 8.65. The van der Waals surface area contributed by atoms with Crippen molar-refractivity contribution in [2.75, 3.05) is 6.54 Å². The fraction of sp³-hybridized carbons (Fsp3) is 0.727. The molecule has 1 fully saturated rings. The van der Waals surface area contributed by atoms with Gasteiger partial charge in [-0.1, -0.05) is 12.8 Å². The van der Waals surface area contributed by atoms with Gasteiger partial charge in [-0.05, 0) is 25.3 Å². The van der Waals surface area contributed by atoms with Gasteiger partial charge in [0.25, 0.3) is 0 Å². The number of aryl methyl sites for hydroxylation is 1. The van der Waals surface area contributed by atoms with E-state index in [-0.39, 0.29) is 0 Å². The van der Waals surface area contributed by atoms with Crippen LogP contribution in [0.1, 0.15) is 31.4 Å².